The Hall–Kier alpha value is -2.95. The Morgan fingerprint density at radius 1 is 1.08 bits per heavy atom. The molecule has 5 heteroatoms. The van der Waals surface area contributed by atoms with Gasteiger partial charge in [0.1, 0.15) is 5.82 Å². The molecule has 128 valence electrons. The van der Waals surface area contributed by atoms with Crippen molar-refractivity contribution >= 4 is 23.6 Å². The smallest absolute Gasteiger partial charge is 0.363 e. The number of carbonyl (C=O) groups excluding carboxylic acids is 1. The van der Waals surface area contributed by atoms with Gasteiger partial charge in [0.05, 0.1) is 5.56 Å². The average Bonchev–Trinajstić information content (AvgIpc) is 2.98. The predicted molar refractivity (Wildman–Crippen MR) is 97.0 cm³/mol. The second kappa shape index (κ2) is 7.30. The van der Waals surface area contributed by atoms with Crippen LogP contribution in [0.25, 0.3) is 6.08 Å². The molecule has 2 aromatic carbocycles. The summed E-state index contributed by atoms with van der Waals surface area (Å²) in [6, 6.07) is 13.9. The van der Waals surface area contributed by atoms with Gasteiger partial charge in [0, 0.05) is 18.8 Å². The van der Waals surface area contributed by atoms with E-state index < -0.39 is 11.8 Å². The molecule has 25 heavy (non-hydrogen) atoms. The fraction of sp³-hybridized carbons (Fsp3) is 0.200. The van der Waals surface area contributed by atoms with Crippen molar-refractivity contribution in [1.82, 2.24) is 0 Å². The molecule has 0 bridgehead atoms. The van der Waals surface area contributed by atoms with Gasteiger partial charge in [0.15, 0.2) is 5.70 Å². The van der Waals surface area contributed by atoms with E-state index in [0.717, 1.165) is 24.3 Å². The zero-order valence-corrected chi connectivity index (χ0v) is 14.2. The van der Waals surface area contributed by atoms with E-state index in [9.17, 15) is 9.18 Å². The van der Waals surface area contributed by atoms with Crippen LogP contribution in [0, 0.1) is 5.82 Å². The van der Waals surface area contributed by atoms with Gasteiger partial charge in [0.25, 0.3) is 0 Å². The summed E-state index contributed by atoms with van der Waals surface area (Å²) in [5.74, 6) is -1.06. The first-order valence-electron chi connectivity index (χ1n) is 8.24. The topological polar surface area (TPSA) is 41.9 Å². The lowest BCUT2D eigenvalue weighted by Gasteiger charge is -2.20. The molecule has 3 rings (SSSR count). The van der Waals surface area contributed by atoms with Crippen LogP contribution in [0.4, 0.5) is 10.1 Å². The second-order valence-electron chi connectivity index (χ2n) is 5.58. The van der Waals surface area contributed by atoms with Gasteiger partial charge in [-0.25, -0.2) is 14.2 Å². The van der Waals surface area contributed by atoms with Crippen molar-refractivity contribution in [2.45, 2.75) is 13.8 Å². The maximum atomic E-state index is 13.8. The Balaban J connectivity index is 1.86. The minimum Gasteiger partial charge on any atom is -0.402 e. The van der Waals surface area contributed by atoms with Crippen molar-refractivity contribution in [3.8, 4) is 0 Å². The van der Waals surface area contributed by atoms with Crippen LogP contribution in [0.3, 0.4) is 0 Å². The van der Waals surface area contributed by atoms with Crippen LogP contribution >= 0.6 is 0 Å². The number of hydrogen-bond donors (Lipinski definition) is 0. The Labute approximate surface area is 146 Å². The van der Waals surface area contributed by atoms with E-state index in [1.165, 1.54) is 12.1 Å². The third kappa shape index (κ3) is 3.60. The Morgan fingerprint density at radius 3 is 2.40 bits per heavy atom. The summed E-state index contributed by atoms with van der Waals surface area (Å²) in [6.07, 6.45) is 1.64. The summed E-state index contributed by atoms with van der Waals surface area (Å²) in [7, 11) is 0. The van der Waals surface area contributed by atoms with E-state index in [1.807, 2.05) is 24.3 Å². The number of hydrogen-bond acceptors (Lipinski definition) is 4. The molecule has 0 amide bonds. The minimum absolute atomic E-state index is 0.00545. The summed E-state index contributed by atoms with van der Waals surface area (Å²) in [5, 5.41) is 0. The lowest BCUT2D eigenvalue weighted by Crippen LogP contribution is -2.21. The average molecular weight is 338 g/mol. The van der Waals surface area contributed by atoms with Crippen molar-refractivity contribution in [3.63, 3.8) is 0 Å². The third-order valence-electron chi connectivity index (χ3n) is 4.05. The molecule has 0 spiro atoms. The summed E-state index contributed by atoms with van der Waals surface area (Å²) in [5.41, 5.74) is 2.29. The fourth-order valence-corrected chi connectivity index (χ4v) is 2.69. The Morgan fingerprint density at radius 2 is 1.76 bits per heavy atom. The number of benzene rings is 2. The zero-order valence-electron chi connectivity index (χ0n) is 14.2. The van der Waals surface area contributed by atoms with Gasteiger partial charge in [-0.15, -0.1) is 0 Å². The highest BCUT2D eigenvalue weighted by molar-refractivity contribution is 6.12. The van der Waals surface area contributed by atoms with Gasteiger partial charge in [-0.05, 0) is 49.8 Å². The number of anilines is 1. The summed E-state index contributed by atoms with van der Waals surface area (Å²) >= 11 is 0. The van der Waals surface area contributed by atoms with Crippen LogP contribution in [0.5, 0.6) is 0 Å². The quantitative estimate of drug-likeness (QED) is 0.611. The van der Waals surface area contributed by atoms with Crippen LogP contribution < -0.4 is 4.90 Å². The van der Waals surface area contributed by atoms with Gasteiger partial charge in [-0.3, -0.25) is 0 Å². The first-order valence-corrected chi connectivity index (χ1v) is 8.24. The van der Waals surface area contributed by atoms with Crippen molar-refractivity contribution < 1.29 is 13.9 Å². The van der Waals surface area contributed by atoms with E-state index in [2.05, 4.69) is 23.7 Å². The molecule has 0 fully saturated rings. The molecule has 0 atom stereocenters. The van der Waals surface area contributed by atoms with Gasteiger partial charge in [-0.1, -0.05) is 24.3 Å². The maximum Gasteiger partial charge on any atom is 0.363 e. The monoisotopic (exact) mass is 338 g/mol. The van der Waals surface area contributed by atoms with Gasteiger partial charge >= 0.3 is 5.97 Å². The molecule has 0 unspecified atom stereocenters. The lowest BCUT2D eigenvalue weighted by atomic mass is 10.1. The Bertz CT molecular complexity index is 837. The highest BCUT2D eigenvalue weighted by Crippen LogP contribution is 2.22. The molecule has 0 saturated carbocycles. The predicted octanol–water partition coefficient (Wildman–Crippen LogP) is 4.02. The number of ether oxygens (including phenoxy) is 1. The maximum absolute atomic E-state index is 13.8. The summed E-state index contributed by atoms with van der Waals surface area (Å²) in [4.78, 5) is 18.4. The molecule has 0 radical (unpaired) electrons. The standard InChI is InChI=1S/C20H19FN2O2/c1-3-23(4-2)15-11-9-14(10-12-15)13-18-20(24)25-19(22-18)16-7-5-6-8-17(16)21/h5-13H,3-4H2,1-2H3/b18-13-. The van der Waals surface area contributed by atoms with Crippen LogP contribution in [-0.4, -0.2) is 25.0 Å². The first kappa shape index (κ1) is 16.9. The number of halogens is 1. The van der Waals surface area contributed by atoms with Crippen LogP contribution in [0.2, 0.25) is 0 Å². The minimum atomic E-state index is -0.578. The number of rotatable bonds is 5. The van der Waals surface area contributed by atoms with E-state index in [4.69, 9.17) is 4.74 Å². The van der Waals surface area contributed by atoms with E-state index in [0.29, 0.717) is 0 Å². The number of cyclic esters (lactones) is 1. The second-order valence-corrected chi connectivity index (χ2v) is 5.58. The lowest BCUT2D eigenvalue weighted by molar-refractivity contribution is -0.129. The summed E-state index contributed by atoms with van der Waals surface area (Å²) < 4.78 is 18.9. The van der Waals surface area contributed by atoms with Crippen LogP contribution in [0.1, 0.15) is 25.0 Å². The highest BCUT2D eigenvalue weighted by Gasteiger charge is 2.25. The van der Waals surface area contributed by atoms with E-state index in [-0.39, 0.29) is 17.2 Å². The zero-order chi connectivity index (χ0) is 17.8. The van der Waals surface area contributed by atoms with Crippen LogP contribution in [0.15, 0.2) is 59.2 Å². The van der Waals surface area contributed by atoms with Gasteiger partial charge < -0.3 is 9.64 Å². The molecular formula is C20H19FN2O2. The molecule has 4 nitrogen and oxygen atoms in total. The highest BCUT2D eigenvalue weighted by atomic mass is 19.1. The van der Waals surface area contributed by atoms with Crippen LogP contribution in [-0.2, 0) is 9.53 Å². The molecule has 0 aromatic heterocycles. The normalized spacial score (nSPS) is 15.2. The van der Waals surface area contributed by atoms with Crippen molar-refractivity contribution in [2.24, 2.45) is 4.99 Å². The fourth-order valence-electron chi connectivity index (χ4n) is 2.69. The van der Waals surface area contributed by atoms with Gasteiger partial charge in [-0.2, -0.15) is 0 Å². The molecule has 0 aliphatic carbocycles. The number of carbonyl (C=O) groups is 1. The molecular weight excluding hydrogens is 319 g/mol. The SMILES string of the molecule is CCN(CC)c1ccc(/C=C2\N=C(c3ccccc3F)OC2=O)cc1. The number of aliphatic imine (C=N–C) groups is 1. The van der Waals surface area contributed by atoms with Crippen molar-refractivity contribution in [1.29, 1.82) is 0 Å². The molecule has 1 heterocycles. The molecule has 1 aliphatic heterocycles. The first-order chi connectivity index (χ1) is 12.1. The van der Waals surface area contributed by atoms with Gasteiger partial charge in [0.2, 0.25) is 5.90 Å². The molecule has 0 N–H and O–H groups in total. The number of nitrogens with zero attached hydrogens (tertiary/aromatic N) is 2. The molecule has 2 aromatic rings. The Kier molecular flexibility index (Phi) is 4.93. The van der Waals surface area contributed by atoms with E-state index >= 15 is 0 Å². The number of esters is 1. The largest absolute Gasteiger partial charge is 0.402 e. The van der Waals surface area contributed by atoms with Crippen molar-refractivity contribution in [3.05, 3.63) is 71.2 Å². The third-order valence-corrected chi connectivity index (χ3v) is 4.05. The molecule has 0 saturated heterocycles. The van der Waals surface area contributed by atoms with E-state index in [1.54, 1.807) is 18.2 Å². The molecule has 1 aliphatic rings. The summed E-state index contributed by atoms with van der Waals surface area (Å²) in [6.45, 7) is 6.07. The van der Waals surface area contributed by atoms with Crippen molar-refractivity contribution in [2.75, 3.05) is 18.0 Å².